The van der Waals surface area contributed by atoms with Gasteiger partial charge in [0.1, 0.15) is 13.1 Å². The number of nitrogens with zero attached hydrogens (tertiary/aromatic N) is 3. The molecule has 2 aromatic rings. The van der Waals surface area contributed by atoms with Gasteiger partial charge in [0, 0.05) is 37.4 Å². The highest BCUT2D eigenvalue weighted by Gasteiger charge is 2.33. The van der Waals surface area contributed by atoms with Gasteiger partial charge in [0.15, 0.2) is 0 Å². The quantitative estimate of drug-likeness (QED) is 0.684. The van der Waals surface area contributed by atoms with Gasteiger partial charge in [-0.25, -0.2) is 0 Å². The number of rotatable bonds is 9. The molecular formula is C22H31N4O3+. The van der Waals surface area contributed by atoms with E-state index in [-0.39, 0.29) is 5.92 Å². The average Bonchev–Trinajstić information content (AvgIpc) is 3.49. The molecule has 2 fully saturated rings. The second-order valence-corrected chi connectivity index (χ2v) is 8.19. The molecule has 4 rings (SSSR count). The number of nitrogens with one attached hydrogen (secondary N) is 1. The first-order valence-corrected chi connectivity index (χ1v) is 10.8. The van der Waals surface area contributed by atoms with Crippen molar-refractivity contribution in [1.82, 2.24) is 15.0 Å². The fraction of sp³-hybridized carbons (Fsp3) is 0.591. The van der Waals surface area contributed by atoms with Crippen LogP contribution in [0.1, 0.15) is 30.7 Å². The summed E-state index contributed by atoms with van der Waals surface area (Å²) in [6.45, 7) is 8.43. The molecule has 1 aliphatic carbocycles. The van der Waals surface area contributed by atoms with Crippen LogP contribution in [0.5, 0.6) is 0 Å². The van der Waals surface area contributed by atoms with Gasteiger partial charge in [-0.1, -0.05) is 35.0 Å². The average molecular weight is 400 g/mol. The zero-order valence-electron chi connectivity index (χ0n) is 17.2. The second kappa shape index (κ2) is 9.50. The molecule has 0 radical (unpaired) electrons. The van der Waals surface area contributed by atoms with Crippen LogP contribution in [-0.4, -0.2) is 66.9 Å². The van der Waals surface area contributed by atoms with Crippen molar-refractivity contribution in [3.05, 3.63) is 35.7 Å². The number of ether oxygens (including phenoxy) is 1. The number of quaternary nitrogens is 1. The number of hydrogen-bond acceptors (Lipinski definition) is 5. The minimum atomic E-state index is 0.233. The van der Waals surface area contributed by atoms with Crippen LogP contribution >= 0.6 is 0 Å². The summed E-state index contributed by atoms with van der Waals surface area (Å²) in [6, 6.07) is 8.08. The van der Waals surface area contributed by atoms with E-state index in [2.05, 4.69) is 17.1 Å². The molecule has 1 saturated heterocycles. The third-order valence-corrected chi connectivity index (χ3v) is 5.77. The van der Waals surface area contributed by atoms with Crippen molar-refractivity contribution in [2.75, 3.05) is 45.9 Å². The summed E-state index contributed by atoms with van der Waals surface area (Å²) >= 11 is 0. The number of aryl methyl sites for hydroxylation is 1. The monoisotopic (exact) mass is 399 g/mol. The lowest BCUT2D eigenvalue weighted by Gasteiger charge is -2.26. The molecule has 1 aliphatic heterocycles. The zero-order valence-corrected chi connectivity index (χ0v) is 17.2. The van der Waals surface area contributed by atoms with Crippen LogP contribution in [-0.2, 0) is 16.0 Å². The number of morpholine rings is 1. The molecule has 2 heterocycles. The maximum atomic E-state index is 12.7. The van der Waals surface area contributed by atoms with Gasteiger partial charge in [-0.15, -0.1) is 0 Å². The predicted octanol–water partition coefficient (Wildman–Crippen LogP) is 1.13. The van der Waals surface area contributed by atoms with Crippen molar-refractivity contribution in [3.63, 3.8) is 0 Å². The number of benzene rings is 1. The molecule has 0 atom stereocenters. The minimum absolute atomic E-state index is 0.233. The van der Waals surface area contributed by atoms with Gasteiger partial charge >= 0.3 is 0 Å². The van der Waals surface area contributed by atoms with Crippen LogP contribution in [0.2, 0.25) is 0 Å². The summed E-state index contributed by atoms with van der Waals surface area (Å²) in [5.74, 6) is 1.72. The van der Waals surface area contributed by atoms with Crippen molar-refractivity contribution in [2.45, 2.75) is 32.6 Å². The third kappa shape index (κ3) is 5.64. The Morgan fingerprint density at radius 3 is 2.66 bits per heavy atom. The lowest BCUT2D eigenvalue weighted by atomic mass is 10.1. The first-order valence-electron chi connectivity index (χ1n) is 10.8. The molecule has 1 saturated carbocycles. The molecule has 7 heteroatoms. The molecule has 156 valence electrons. The third-order valence-electron chi connectivity index (χ3n) is 5.77. The Balaban J connectivity index is 1.30. The highest BCUT2D eigenvalue weighted by atomic mass is 16.5. The normalized spacial score (nSPS) is 17.4. The van der Waals surface area contributed by atoms with Crippen LogP contribution in [0.4, 0.5) is 0 Å². The number of carbonyl (C=O) groups is 1. The van der Waals surface area contributed by atoms with E-state index >= 15 is 0 Å². The SMILES string of the molecule is Cc1ccc(-c2noc(CCN(CCC[NH+]3CCOCC3)C(=O)C3CC3)n2)cc1. The van der Waals surface area contributed by atoms with E-state index in [9.17, 15) is 4.79 Å². The number of carbonyl (C=O) groups excluding carboxylic acids is 1. The molecule has 2 aliphatic rings. The van der Waals surface area contributed by atoms with E-state index in [1.54, 1.807) is 4.90 Å². The Morgan fingerprint density at radius 2 is 1.93 bits per heavy atom. The van der Waals surface area contributed by atoms with E-state index in [4.69, 9.17) is 9.26 Å². The van der Waals surface area contributed by atoms with Gasteiger partial charge in [0.2, 0.25) is 17.6 Å². The van der Waals surface area contributed by atoms with E-state index in [1.807, 2.05) is 29.2 Å². The van der Waals surface area contributed by atoms with Crippen molar-refractivity contribution >= 4 is 5.91 Å². The molecule has 29 heavy (non-hydrogen) atoms. The molecule has 1 aromatic carbocycles. The number of aromatic nitrogens is 2. The Labute approximate surface area is 172 Å². The van der Waals surface area contributed by atoms with Crippen LogP contribution in [0.3, 0.4) is 0 Å². The summed E-state index contributed by atoms with van der Waals surface area (Å²) in [6.07, 6.45) is 3.68. The molecule has 1 amide bonds. The second-order valence-electron chi connectivity index (χ2n) is 8.19. The lowest BCUT2D eigenvalue weighted by molar-refractivity contribution is -0.908. The van der Waals surface area contributed by atoms with Gasteiger partial charge in [-0.05, 0) is 19.8 Å². The summed E-state index contributed by atoms with van der Waals surface area (Å²) in [5, 5.41) is 4.10. The van der Waals surface area contributed by atoms with Gasteiger partial charge in [0.05, 0.1) is 19.8 Å². The smallest absolute Gasteiger partial charge is 0.228 e. The number of amides is 1. The van der Waals surface area contributed by atoms with Gasteiger partial charge in [-0.3, -0.25) is 4.79 Å². The van der Waals surface area contributed by atoms with Crippen LogP contribution < -0.4 is 4.90 Å². The van der Waals surface area contributed by atoms with Crippen molar-refractivity contribution in [2.24, 2.45) is 5.92 Å². The van der Waals surface area contributed by atoms with Crippen LogP contribution in [0.15, 0.2) is 28.8 Å². The fourth-order valence-corrected chi connectivity index (χ4v) is 3.76. The molecule has 0 bridgehead atoms. The lowest BCUT2D eigenvalue weighted by Crippen LogP contribution is -3.14. The Kier molecular flexibility index (Phi) is 6.56. The van der Waals surface area contributed by atoms with Crippen molar-refractivity contribution < 1.29 is 19.0 Å². The zero-order chi connectivity index (χ0) is 20.1. The Bertz CT molecular complexity index is 795. The minimum Gasteiger partial charge on any atom is -0.370 e. The Morgan fingerprint density at radius 1 is 1.17 bits per heavy atom. The van der Waals surface area contributed by atoms with Crippen LogP contribution in [0.25, 0.3) is 11.4 Å². The first kappa shape index (κ1) is 20.0. The standard InChI is InChI=1S/C22H30N4O3/c1-17-3-5-18(6-4-17)21-23-20(29-24-21)9-12-26(22(27)19-7-8-19)11-2-10-25-13-15-28-16-14-25/h3-6,19H,2,7-16H2,1H3/p+1. The van der Waals surface area contributed by atoms with Gasteiger partial charge < -0.3 is 19.1 Å². The molecule has 7 nitrogen and oxygen atoms in total. The molecule has 0 unspecified atom stereocenters. The van der Waals surface area contributed by atoms with E-state index in [0.717, 1.165) is 64.2 Å². The van der Waals surface area contributed by atoms with Crippen molar-refractivity contribution in [1.29, 1.82) is 0 Å². The maximum Gasteiger partial charge on any atom is 0.228 e. The highest BCUT2D eigenvalue weighted by Crippen LogP contribution is 2.31. The predicted molar refractivity (Wildman–Crippen MR) is 108 cm³/mol. The van der Waals surface area contributed by atoms with Crippen molar-refractivity contribution in [3.8, 4) is 11.4 Å². The summed E-state index contributed by atoms with van der Waals surface area (Å²) < 4.78 is 10.9. The molecule has 1 aromatic heterocycles. The number of hydrogen-bond donors (Lipinski definition) is 1. The van der Waals surface area contributed by atoms with Crippen LogP contribution in [0, 0.1) is 12.8 Å². The van der Waals surface area contributed by atoms with Gasteiger partial charge in [0.25, 0.3) is 0 Å². The summed E-state index contributed by atoms with van der Waals surface area (Å²) in [5.41, 5.74) is 2.15. The van der Waals surface area contributed by atoms with Gasteiger partial charge in [-0.2, -0.15) is 4.98 Å². The molecular weight excluding hydrogens is 368 g/mol. The molecule has 1 N–H and O–H groups in total. The van der Waals surface area contributed by atoms with E-state index in [0.29, 0.717) is 30.6 Å². The maximum absolute atomic E-state index is 12.7. The first-order chi connectivity index (χ1) is 14.2. The summed E-state index contributed by atoms with van der Waals surface area (Å²) in [4.78, 5) is 20.8. The topological polar surface area (TPSA) is 72.9 Å². The molecule has 0 spiro atoms. The highest BCUT2D eigenvalue weighted by molar-refractivity contribution is 5.81. The fourth-order valence-electron chi connectivity index (χ4n) is 3.76. The Hall–Kier alpha value is -2.25. The largest absolute Gasteiger partial charge is 0.370 e. The summed E-state index contributed by atoms with van der Waals surface area (Å²) in [7, 11) is 0. The van der Waals surface area contributed by atoms with E-state index in [1.165, 1.54) is 5.56 Å². The van der Waals surface area contributed by atoms with E-state index < -0.39 is 0 Å².